The summed E-state index contributed by atoms with van der Waals surface area (Å²) in [7, 11) is -8.12. The summed E-state index contributed by atoms with van der Waals surface area (Å²) in [5.41, 5.74) is -22.8. The van der Waals surface area contributed by atoms with Gasteiger partial charge in [0.2, 0.25) is 0 Å². The molecule has 27 heavy (non-hydrogen) atoms. The van der Waals surface area contributed by atoms with Gasteiger partial charge in [0.1, 0.15) is 0 Å². The summed E-state index contributed by atoms with van der Waals surface area (Å²) in [6, 6.07) is 0. The van der Waals surface area contributed by atoms with Crippen LogP contribution in [0.3, 0.4) is 0 Å². The molecule has 0 heterocycles. The molecule has 160 valence electrons. The van der Waals surface area contributed by atoms with Crippen LogP contribution in [0.25, 0.3) is 0 Å². The van der Waals surface area contributed by atoms with E-state index >= 15 is 0 Å². The van der Waals surface area contributed by atoms with Crippen LogP contribution in [-0.2, 0) is 26.1 Å². The predicted molar refractivity (Wildman–Crippen MR) is 44.8 cm³/mol. The monoisotopic (exact) mass is 656 g/mol. The molecular weight excluding hydrogens is 655 g/mol. The van der Waals surface area contributed by atoms with E-state index in [-0.39, 0.29) is 0 Å². The van der Waals surface area contributed by atoms with Crippen molar-refractivity contribution in [2.24, 2.45) is 0 Å². The molecule has 0 aromatic heterocycles. The maximum atomic E-state index is 12.6. The molecule has 0 spiro atoms. The molecule has 0 amide bonds. The fourth-order valence-electron chi connectivity index (χ4n) is 1.02. The first-order valence-corrected chi connectivity index (χ1v) is 9.50. The van der Waals surface area contributed by atoms with Crippen molar-refractivity contribution in [3.05, 3.63) is 0 Å². The molecule has 0 aliphatic heterocycles. The quantitative estimate of drug-likeness (QED) is 0.269. The maximum absolute atomic E-state index is 12.6. The Morgan fingerprint density at radius 3 is 0.556 bits per heavy atom. The summed E-state index contributed by atoms with van der Waals surface area (Å²) in [4.78, 5) is 0. The Morgan fingerprint density at radius 1 is 0.370 bits per heavy atom. The van der Waals surface area contributed by atoms with Gasteiger partial charge < -0.3 is 0 Å². The molecule has 0 saturated carbocycles. The second-order valence-electron chi connectivity index (χ2n) is 4.21. The Bertz CT molecular complexity index is 410. The first-order chi connectivity index (χ1) is 11.1. The van der Waals surface area contributed by atoms with E-state index < -0.39 is 73.8 Å². The van der Waals surface area contributed by atoms with Gasteiger partial charge in [-0.15, -0.1) is 0 Å². The number of rotatable bonds is 3. The topological polar surface area (TPSA) is 0 Å². The molecule has 0 aliphatic carbocycles. The van der Waals surface area contributed by atoms with E-state index in [4.69, 9.17) is 0 Å². The summed E-state index contributed by atoms with van der Waals surface area (Å²) >= 11 is -1.04. The van der Waals surface area contributed by atoms with Gasteiger partial charge in [0.15, 0.2) is 0 Å². The fourth-order valence-corrected chi connectivity index (χ4v) is 3.05. The summed E-state index contributed by atoms with van der Waals surface area (Å²) in [6.45, 7) is 0. The van der Waals surface area contributed by atoms with Crippen molar-refractivity contribution in [1.29, 1.82) is 0 Å². The van der Waals surface area contributed by atoms with Crippen molar-refractivity contribution in [3.63, 3.8) is 0 Å². The van der Waals surface area contributed by atoms with Gasteiger partial charge in [0, 0.05) is 0 Å². The van der Waals surface area contributed by atoms with Gasteiger partial charge in [-0.2, -0.15) is 39.5 Å². The van der Waals surface area contributed by atoms with Crippen molar-refractivity contribution >= 4 is 8.80 Å². The van der Waals surface area contributed by atoms with Crippen LogP contribution >= 0.6 is 0 Å². The number of halogens is 18. The Morgan fingerprint density at radius 2 is 0.481 bits per heavy atom. The molecule has 0 atom stereocenters. The summed E-state index contributed by atoms with van der Waals surface area (Å²) < 4.78 is 209. The molecule has 20 heteroatoms. The van der Waals surface area contributed by atoms with Crippen LogP contribution in [0.4, 0.5) is 79.0 Å². The SMILES string of the molecule is FC(F)(F)C(F)(F)[Si](C(F)(F)C(F)(F)F)C(F)(F)C(F)(F)F.F[C](F)(F)[Hg]. The minimum absolute atomic E-state index is 1.04. The average molecular weight is 655 g/mol. The van der Waals surface area contributed by atoms with Crippen LogP contribution in [-0.4, -0.2) is 47.6 Å². The normalized spacial score (nSPS) is 15.6. The Hall–Kier alpha value is -0.108. The first kappa shape index (κ1) is 29.1. The Labute approximate surface area is 153 Å². The zero-order valence-corrected chi connectivity index (χ0v) is 18.0. The van der Waals surface area contributed by atoms with Gasteiger partial charge in [-0.1, -0.05) is 0 Å². The van der Waals surface area contributed by atoms with E-state index in [1.807, 2.05) is 0 Å². The van der Waals surface area contributed by atoms with E-state index in [2.05, 4.69) is 0 Å². The Kier molecular flexibility index (Phi) is 8.58. The van der Waals surface area contributed by atoms with Crippen LogP contribution in [0, 0.1) is 0 Å². The zero-order chi connectivity index (χ0) is 23.1. The number of alkyl halides is 18. The molecule has 0 rings (SSSR count). The third kappa shape index (κ3) is 7.33. The van der Waals surface area contributed by atoms with Crippen LogP contribution < -0.4 is 0 Å². The fraction of sp³-hybridized carbons (Fsp3) is 1.00. The third-order valence-electron chi connectivity index (χ3n) is 2.01. The van der Waals surface area contributed by atoms with E-state index in [0.29, 0.717) is 0 Å². The van der Waals surface area contributed by atoms with Crippen LogP contribution in [0.5, 0.6) is 0 Å². The van der Waals surface area contributed by atoms with Gasteiger partial charge in [-0.05, 0) is 0 Å². The van der Waals surface area contributed by atoms with Crippen LogP contribution in [0.1, 0.15) is 0 Å². The minimum atomic E-state index is -8.12. The van der Waals surface area contributed by atoms with Gasteiger partial charge in [0.05, 0.1) is 0 Å². The Balaban J connectivity index is 0. The molecule has 0 aromatic rings. The standard InChI is InChI=1S/C6F15Si.CF3.Hg/c7-1(8,9)4(16,17)22(5(18,19)2(10,11)12)6(20,21)3(13,14)15;2-1(3)4;. The van der Waals surface area contributed by atoms with E-state index in [1.165, 1.54) is 0 Å². The van der Waals surface area contributed by atoms with E-state index in [1.54, 1.807) is 0 Å². The van der Waals surface area contributed by atoms with Crippen molar-refractivity contribution in [2.45, 2.75) is 38.9 Å². The molecule has 0 unspecified atom stereocenters. The van der Waals surface area contributed by atoms with Crippen molar-refractivity contribution in [3.8, 4) is 0 Å². The van der Waals surface area contributed by atoms with Crippen LogP contribution in [0.15, 0.2) is 0 Å². The molecular formula is C7F18HgSi. The summed E-state index contributed by atoms with van der Waals surface area (Å²) in [5, 5.41) is 0. The van der Waals surface area contributed by atoms with Gasteiger partial charge in [-0.3, -0.25) is 0 Å². The number of hydrogen-bond acceptors (Lipinski definition) is 0. The molecule has 0 N–H and O–H groups in total. The van der Waals surface area contributed by atoms with Crippen LogP contribution in [0.2, 0.25) is 0 Å². The average Bonchev–Trinajstić information content (AvgIpc) is 2.19. The molecule has 0 nitrogen and oxygen atoms in total. The van der Waals surface area contributed by atoms with Gasteiger partial charge in [-0.25, -0.2) is 26.3 Å². The van der Waals surface area contributed by atoms with Crippen molar-refractivity contribution in [1.82, 2.24) is 0 Å². The molecule has 0 fully saturated rings. The summed E-state index contributed by atoms with van der Waals surface area (Å²) in [5.74, 6) is 0. The van der Waals surface area contributed by atoms with Crippen molar-refractivity contribution in [2.75, 3.05) is 0 Å². The second-order valence-corrected chi connectivity index (χ2v) is 9.96. The van der Waals surface area contributed by atoms with Gasteiger partial charge in [0.25, 0.3) is 0 Å². The second kappa shape index (κ2) is 7.96. The zero-order valence-electron chi connectivity index (χ0n) is 11.5. The third-order valence-corrected chi connectivity index (χ3v) is 4.74. The number of hydrogen-bond donors (Lipinski definition) is 0. The summed E-state index contributed by atoms with van der Waals surface area (Å²) in [6.07, 6.45) is -22.4. The molecule has 0 bridgehead atoms. The molecule has 0 aliphatic rings. The first-order valence-electron chi connectivity index (χ1n) is 5.26. The molecule has 0 saturated heterocycles. The molecule has 0 aromatic carbocycles. The van der Waals surface area contributed by atoms with Gasteiger partial charge >= 0.3 is 86.9 Å². The molecule has 1 radical (unpaired) electrons. The van der Waals surface area contributed by atoms with Crippen molar-refractivity contribution < 1.29 is 105 Å². The predicted octanol–water partition coefficient (Wildman–Crippen LogP) is 5.74. The van der Waals surface area contributed by atoms with E-state index in [9.17, 15) is 79.0 Å². The van der Waals surface area contributed by atoms with E-state index in [0.717, 1.165) is 0 Å².